The Morgan fingerprint density at radius 2 is 1.93 bits per heavy atom. The van der Waals surface area contributed by atoms with Crippen molar-refractivity contribution in [3.8, 4) is 5.75 Å². The number of rotatable bonds is 6. The number of halogens is 1. The van der Waals surface area contributed by atoms with Gasteiger partial charge in [0.1, 0.15) is 5.75 Å². The molecule has 0 bridgehead atoms. The smallest absolute Gasteiger partial charge is 0.294 e. The highest BCUT2D eigenvalue weighted by Gasteiger charge is 2.44. The van der Waals surface area contributed by atoms with E-state index in [1.807, 2.05) is 45.0 Å². The van der Waals surface area contributed by atoms with Crippen molar-refractivity contribution in [3.05, 3.63) is 69.9 Å². The van der Waals surface area contributed by atoms with E-state index < -0.39 is 17.7 Å². The summed E-state index contributed by atoms with van der Waals surface area (Å²) in [5.74, 6) is -0.786. The second-order valence-electron chi connectivity index (χ2n) is 7.54. The number of hydrogen-bond acceptors (Lipinski definition) is 4. The van der Waals surface area contributed by atoms with Crippen LogP contribution in [0.4, 0.5) is 5.69 Å². The van der Waals surface area contributed by atoms with E-state index in [0.717, 1.165) is 11.1 Å². The van der Waals surface area contributed by atoms with Gasteiger partial charge in [-0.15, -0.1) is 0 Å². The third kappa shape index (κ3) is 3.87. The van der Waals surface area contributed by atoms with Gasteiger partial charge in [0.2, 0.25) is 0 Å². The molecule has 3 rings (SSSR count). The van der Waals surface area contributed by atoms with Crippen molar-refractivity contribution in [2.75, 3.05) is 12.0 Å². The van der Waals surface area contributed by atoms with Gasteiger partial charge in [0.25, 0.3) is 5.91 Å². The van der Waals surface area contributed by atoms with Crippen molar-refractivity contribution in [2.24, 2.45) is 5.92 Å². The van der Waals surface area contributed by atoms with Crippen LogP contribution in [0.15, 0.2) is 53.8 Å². The molecule has 5 nitrogen and oxygen atoms in total. The molecule has 0 saturated carbocycles. The van der Waals surface area contributed by atoms with Crippen LogP contribution < -0.4 is 9.64 Å². The molecule has 1 N–H and O–H groups in total. The summed E-state index contributed by atoms with van der Waals surface area (Å²) in [6.07, 6.45) is 0.242. The Hall–Kier alpha value is -2.79. The molecular weight excluding hydrogens is 390 g/mol. The van der Waals surface area contributed by atoms with E-state index in [4.69, 9.17) is 16.3 Å². The van der Waals surface area contributed by atoms with E-state index in [2.05, 4.69) is 0 Å². The third-order valence-corrected chi connectivity index (χ3v) is 5.29. The SMILES string of the molecule is COc1ccc(N2C(=O)C(O)=C(C(=O)CC(C)C)C2c2ccccc2C)cc1Cl. The second kappa shape index (κ2) is 8.29. The second-order valence-corrected chi connectivity index (χ2v) is 7.94. The fourth-order valence-corrected chi connectivity index (χ4v) is 3.88. The average Bonchev–Trinajstić information content (AvgIpc) is 2.92. The number of hydrogen-bond donors (Lipinski definition) is 1. The lowest BCUT2D eigenvalue weighted by Crippen LogP contribution is -2.31. The fraction of sp³-hybridized carbons (Fsp3) is 0.304. The van der Waals surface area contributed by atoms with Gasteiger partial charge in [-0.05, 0) is 42.2 Å². The van der Waals surface area contributed by atoms with Crippen LogP contribution in [0.25, 0.3) is 0 Å². The zero-order valence-electron chi connectivity index (χ0n) is 16.9. The van der Waals surface area contributed by atoms with Crippen LogP contribution in [0.5, 0.6) is 5.75 Å². The van der Waals surface area contributed by atoms with Gasteiger partial charge in [0, 0.05) is 12.1 Å². The van der Waals surface area contributed by atoms with Gasteiger partial charge in [0.15, 0.2) is 11.5 Å². The van der Waals surface area contributed by atoms with Gasteiger partial charge in [-0.2, -0.15) is 0 Å². The summed E-state index contributed by atoms with van der Waals surface area (Å²) >= 11 is 6.28. The molecule has 6 heteroatoms. The molecule has 2 aromatic rings. The van der Waals surface area contributed by atoms with E-state index in [0.29, 0.717) is 16.5 Å². The Labute approximate surface area is 175 Å². The maximum atomic E-state index is 13.1. The molecule has 1 aliphatic heterocycles. The largest absolute Gasteiger partial charge is 0.503 e. The van der Waals surface area contributed by atoms with Crippen LogP contribution in [0.3, 0.4) is 0 Å². The molecule has 0 spiro atoms. The van der Waals surface area contributed by atoms with Crippen molar-refractivity contribution in [1.82, 2.24) is 0 Å². The molecule has 1 aliphatic rings. The number of aliphatic hydroxyl groups excluding tert-OH is 1. The summed E-state index contributed by atoms with van der Waals surface area (Å²) < 4.78 is 5.19. The molecule has 0 aromatic heterocycles. The number of methoxy groups -OCH3 is 1. The topological polar surface area (TPSA) is 66.8 Å². The summed E-state index contributed by atoms with van der Waals surface area (Å²) in [7, 11) is 1.51. The molecule has 1 atom stereocenters. The van der Waals surface area contributed by atoms with Gasteiger partial charge in [-0.25, -0.2) is 0 Å². The highest BCUT2D eigenvalue weighted by molar-refractivity contribution is 6.32. The van der Waals surface area contributed by atoms with E-state index in [1.165, 1.54) is 12.0 Å². The quantitative estimate of drug-likeness (QED) is 0.709. The van der Waals surface area contributed by atoms with E-state index in [-0.39, 0.29) is 23.7 Å². The minimum atomic E-state index is -0.723. The van der Waals surface area contributed by atoms with Crippen LogP contribution in [-0.4, -0.2) is 23.9 Å². The number of carbonyl (C=O) groups is 2. The van der Waals surface area contributed by atoms with Gasteiger partial charge in [0.05, 0.1) is 23.7 Å². The first-order valence-corrected chi connectivity index (χ1v) is 9.83. The van der Waals surface area contributed by atoms with Gasteiger partial charge >= 0.3 is 0 Å². The summed E-state index contributed by atoms with van der Waals surface area (Å²) in [4.78, 5) is 27.5. The van der Waals surface area contributed by atoms with Crippen molar-refractivity contribution >= 4 is 29.0 Å². The zero-order valence-corrected chi connectivity index (χ0v) is 17.7. The van der Waals surface area contributed by atoms with Crippen molar-refractivity contribution in [2.45, 2.75) is 33.2 Å². The zero-order chi connectivity index (χ0) is 21.3. The number of ketones is 1. The Bertz CT molecular complexity index is 996. The monoisotopic (exact) mass is 413 g/mol. The summed E-state index contributed by atoms with van der Waals surface area (Å²) in [5.41, 5.74) is 2.31. The van der Waals surface area contributed by atoms with Gasteiger partial charge in [-0.1, -0.05) is 49.7 Å². The lowest BCUT2D eigenvalue weighted by molar-refractivity contribution is -0.118. The summed E-state index contributed by atoms with van der Waals surface area (Å²) in [6, 6.07) is 11.8. The van der Waals surface area contributed by atoms with Crippen LogP contribution in [0.1, 0.15) is 37.4 Å². The van der Waals surface area contributed by atoms with Crippen molar-refractivity contribution < 1.29 is 19.4 Å². The van der Waals surface area contributed by atoms with Crippen molar-refractivity contribution in [3.63, 3.8) is 0 Å². The number of aryl methyl sites for hydroxylation is 1. The number of carbonyl (C=O) groups excluding carboxylic acids is 2. The average molecular weight is 414 g/mol. The third-order valence-electron chi connectivity index (χ3n) is 5.00. The standard InChI is InChI=1S/C23H24ClNO4/c1-13(2)11-18(26)20-21(16-8-6-5-7-14(16)3)25(23(28)22(20)27)15-9-10-19(29-4)17(24)12-15/h5-10,12-13,21,27H,11H2,1-4H3. The van der Waals surface area contributed by atoms with Crippen LogP contribution in [0.2, 0.25) is 5.02 Å². The molecule has 0 radical (unpaired) electrons. The lowest BCUT2D eigenvalue weighted by atomic mass is 9.90. The number of Topliss-reactive ketones (excluding diaryl/α,β-unsaturated/α-hetero) is 1. The highest BCUT2D eigenvalue weighted by atomic mass is 35.5. The number of benzene rings is 2. The van der Waals surface area contributed by atoms with E-state index >= 15 is 0 Å². The lowest BCUT2D eigenvalue weighted by Gasteiger charge is -2.28. The first kappa shape index (κ1) is 20.9. The molecule has 1 amide bonds. The molecule has 29 heavy (non-hydrogen) atoms. The number of nitrogens with zero attached hydrogens (tertiary/aromatic N) is 1. The molecule has 1 unspecified atom stereocenters. The Morgan fingerprint density at radius 3 is 2.52 bits per heavy atom. The van der Waals surface area contributed by atoms with Crippen LogP contribution >= 0.6 is 11.6 Å². The summed E-state index contributed by atoms with van der Waals surface area (Å²) in [6.45, 7) is 5.77. The molecular formula is C23H24ClNO4. The number of aliphatic hydroxyl groups is 1. The predicted molar refractivity (Wildman–Crippen MR) is 114 cm³/mol. The van der Waals surface area contributed by atoms with Crippen molar-refractivity contribution in [1.29, 1.82) is 0 Å². The summed E-state index contributed by atoms with van der Waals surface area (Å²) in [5, 5.41) is 11.0. The van der Waals surface area contributed by atoms with E-state index in [1.54, 1.807) is 18.2 Å². The molecule has 2 aromatic carbocycles. The Balaban J connectivity index is 2.18. The minimum absolute atomic E-state index is 0.0971. The fourth-order valence-electron chi connectivity index (χ4n) is 3.63. The highest BCUT2D eigenvalue weighted by Crippen LogP contribution is 2.43. The normalized spacial score (nSPS) is 16.7. The molecule has 152 valence electrons. The van der Waals surface area contributed by atoms with Gasteiger partial charge < -0.3 is 9.84 Å². The number of ether oxygens (including phenoxy) is 1. The molecule has 0 fully saturated rings. The number of amides is 1. The number of anilines is 1. The van der Waals surface area contributed by atoms with Gasteiger partial charge in [-0.3, -0.25) is 14.5 Å². The predicted octanol–water partition coefficient (Wildman–Crippen LogP) is 5.17. The maximum Gasteiger partial charge on any atom is 0.294 e. The molecule has 0 aliphatic carbocycles. The van der Waals surface area contributed by atoms with Crippen LogP contribution in [0, 0.1) is 12.8 Å². The van der Waals surface area contributed by atoms with Crippen LogP contribution in [-0.2, 0) is 9.59 Å². The first-order valence-electron chi connectivity index (χ1n) is 9.45. The van der Waals surface area contributed by atoms with E-state index in [9.17, 15) is 14.7 Å². The maximum absolute atomic E-state index is 13.1. The Morgan fingerprint density at radius 1 is 1.24 bits per heavy atom. The molecule has 0 saturated heterocycles. The minimum Gasteiger partial charge on any atom is -0.503 e. The molecule has 1 heterocycles. The first-order chi connectivity index (χ1) is 13.8. The Kier molecular flexibility index (Phi) is 5.99.